The van der Waals surface area contributed by atoms with Crippen molar-refractivity contribution in [2.45, 2.75) is 135 Å². The van der Waals surface area contributed by atoms with Crippen molar-refractivity contribution in [1.29, 1.82) is 0 Å². The van der Waals surface area contributed by atoms with Crippen molar-refractivity contribution >= 4 is 35.4 Å². The fourth-order valence-electron chi connectivity index (χ4n) is 6.19. The molecule has 16 nitrogen and oxygen atoms in total. The molecule has 0 spiro atoms. The van der Waals surface area contributed by atoms with E-state index in [0.29, 0.717) is 70.9 Å². The zero-order valence-corrected chi connectivity index (χ0v) is 28.4. The number of nitrogens with zero attached hydrogens (tertiary/aromatic N) is 4. The first-order valence-corrected chi connectivity index (χ1v) is 17.0. The minimum Gasteiger partial charge on any atom is -0.382 e. The number of amides is 5. The predicted octanol–water partition coefficient (Wildman–Crippen LogP) is 0.747. The van der Waals surface area contributed by atoms with Gasteiger partial charge in [0.05, 0.1) is 11.6 Å². The Hall–Kier alpha value is -3.82. The highest BCUT2D eigenvalue weighted by molar-refractivity contribution is 5.96. The van der Waals surface area contributed by atoms with Crippen LogP contribution in [0.4, 0.5) is 0 Å². The van der Waals surface area contributed by atoms with E-state index < -0.39 is 41.0 Å². The Morgan fingerprint density at radius 1 is 0.915 bits per heavy atom. The molecule has 2 saturated heterocycles. The lowest BCUT2D eigenvalue weighted by atomic mass is 10.0. The maximum Gasteiger partial charge on any atom is 0.246 e. The largest absolute Gasteiger partial charge is 0.382 e. The Morgan fingerprint density at radius 3 is 2.17 bits per heavy atom. The van der Waals surface area contributed by atoms with Gasteiger partial charge in [0.15, 0.2) is 10.9 Å². The number of hydrogen-bond donors (Lipinski definition) is 5. The van der Waals surface area contributed by atoms with Crippen molar-refractivity contribution in [1.82, 2.24) is 25.8 Å². The molecule has 5 unspecified atom stereocenters. The van der Waals surface area contributed by atoms with Crippen LogP contribution in [0.5, 0.6) is 0 Å². The van der Waals surface area contributed by atoms with E-state index in [1.807, 2.05) is 13.8 Å². The third-order valence-electron chi connectivity index (χ3n) is 8.74. The maximum atomic E-state index is 14.0. The van der Waals surface area contributed by atoms with E-state index in [1.54, 1.807) is 23.6 Å². The number of carbonyl (C=O) groups is 5. The number of carbonyl (C=O) groups excluding carboxylic acids is 5. The second-order valence-corrected chi connectivity index (χ2v) is 12.9. The maximum absolute atomic E-state index is 14.0. The molecule has 2 heterocycles. The molecule has 2 aliphatic heterocycles. The Morgan fingerprint density at radius 2 is 1.55 bits per heavy atom. The molecule has 2 rings (SSSR count). The van der Waals surface area contributed by atoms with Crippen molar-refractivity contribution in [2.75, 3.05) is 19.6 Å². The van der Waals surface area contributed by atoms with Crippen LogP contribution >= 0.6 is 0 Å². The van der Waals surface area contributed by atoms with Gasteiger partial charge in [0.2, 0.25) is 29.5 Å². The van der Waals surface area contributed by atoms with Crippen molar-refractivity contribution in [3.8, 4) is 0 Å². The summed E-state index contributed by atoms with van der Waals surface area (Å²) in [7, 11) is 0. The molecule has 0 saturated carbocycles. The van der Waals surface area contributed by atoms with Gasteiger partial charge in [-0.1, -0.05) is 46.5 Å². The Labute approximate surface area is 277 Å². The number of nitrogens with one attached hydrogen (secondary N) is 3. The third kappa shape index (κ3) is 12.4. The highest BCUT2D eigenvalue weighted by Crippen LogP contribution is 2.26. The summed E-state index contributed by atoms with van der Waals surface area (Å²) < 4.78 is 0. The molecule has 266 valence electrons. The molecule has 2 fully saturated rings. The molecule has 0 aliphatic carbocycles. The number of rotatable bonds is 19. The number of likely N-dealkylation sites (tertiary alicyclic amines) is 2. The molecule has 7 N–H and O–H groups in total. The molecule has 0 radical (unpaired) electrons. The van der Waals surface area contributed by atoms with Crippen LogP contribution in [0, 0.1) is 16.0 Å². The number of unbranched alkanes of at least 4 members (excludes halogenated alkanes) is 3. The molecule has 0 bridgehead atoms. The summed E-state index contributed by atoms with van der Waals surface area (Å²) in [6.45, 7) is 8.00. The molecular weight excluding hydrogens is 610 g/mol. The van der Waals surface area contributed by atoms with Crippen LogP contribution in [0.3, 0.4) is 0 Å². The van der Waals surface area contributed by atoms with Crippen LogP contribution in [-0.2, 0) is 24.0 Å². The van der Waals surface area contributed by atoms with Gasteiger partial charge in [0.25, 0.3) is 0 Å². The van der Waals surface area contributed by atoms with E-state index in [4.69, 9.17) is 11.5 Å². The van der Waals surface area contributed by atoms with Gasteiger partial charge in [-0.15, -0.1) is 0 Å². The average molecular weight is 666 g/mol. The predicted molar refractivity (Wildman–Crippen MR) is 176 cm³/mol. The highest BCUT2D eigenvalue weighted by Gasteiger charge is 2.44. The third-order valence-corrected chi connectivity index (χ3v) is 8.74. The summed E-state index contributed by atoms with van der Waals surface area (Å²) in [5, 5.41) is 21.2. The van der Waals surface area contributed by atoms with E-state index in [0.717, 1.165) is 12.8 Å². The Bertz CT molecular complexity index is 1130. The number of nitrogens with two attached hydrogens (primary N) is 2. The van der Waals surface area contributed by atoms with Gasteiger partial charge in [-0.2, -0.15) is 0 Å². The van der Waals surface area contributed by atoms with Crippen molar-refractivity contribution in [3.63, 3.8) is 0 Å². The summed E-state index contributed by atoms with van der Waals surface area (Å²) in [5.74, 6) is -2.09. The first kappa shape index (κ1) is 39.4. The van der Waals surface area contributed by atoms with Gasteiger partial charge in [-0.05, 0) is 57.8 Å². The number of nitro groups is 1. The minimum atomic E-state index is -0.865. The summed E-state index contributed by atoms with van der Waals surface area (Å²) >= 11 is 0. The van der Waals surface area contributed by atoms with Gasteiger partial charge in [0.1, 0.15) is 24.2 Å². The number of hydrogen-bond acceptors (Lipinski definition) is 8. The topological polar surface area (TPSA) is 235 Å². The molecule has 0 aromatic rings. The average Bonchev–Trinajstić information content (AvgIpc) is 3.71. The standard InChI is InChI=1S/C31H55N9O7/c1-5-6-7-13-22(35-29(43)27(20(2)3)36-26(41)19-32)30(44)39-18-11-15-24(39)31(45)38-17-10-14-23(38)28(42)34-21(4)12-8-9-16-25(33)37-40(46)47/h20-24,27H,5-19,32H2,1-4H3,(H2,33,37)(H,34,42)(H,35,43)(H,36,41). The van der Waals surface area contributed by atoms with Crippen LogP contribution in [0.15, 0.2) is 5.10 Å². The van der Waals surface area contributed by atoms with Gasteiger partial charge >= 0.3 is 0 Å². The van der Waals surface area contributed by atoms with Gasteiger partial charge in [-0.3, -0.25) is 24.0 Å². The van der Waals surface area contributed by atoms with Gasteiger partial charge < -0.3 is 37.2 Å². The van der Waals surface area contributed by atoms with E-state index in [1.165, 1.54) is 0 Å². The van der Waals surface area contributed by atoms with Crippen LogP contribution in [0.2, 0.25) is 0 Å². The zero-order chi connectivity index (χ0) is 35.1. The van der Waals surface area contributed by atoms with Gasteiger partial charge in [-0.25, -0.2) is 10.1 Å². The number of amidine groups is 1. The lowest BCUT2D eigenvalue weighted by Gasteiger charge is -2.33. The lowest BCUT2D eigenvalue weighted by Crippen LogP contribution is -2.59. The Kier molecular flexibility index (Phi) is 16.5. The van der Waals surface area contributed by atoms with Crippen LogP contribution in [0.25, 0.3) is 0 Å². The quantitative estimate of drug-likeness (QED) is 0.0430. The summed E-state index contributed by atoms with van der Waals surface area (Å²) in [5.41, 5.74) is 11.0. The molecule has 16 heteroatoms. The molecule has 0 aromatic heterocycles. The Balaban J connectivity index is 2.07. The van der Waals surface area contributed by atoms with E-state index in [-0.39, 0.29) is 48.5 Å². The highest BCUT2D eigenvalue weighted by atomic mass is 16.7. The number of hydrazone groups is 1. The molecule has 47 heavy (non-hydrogen) atoms. The lowest BCUT2D eigenvalue weighted by molar-refractivity contribution is -0.485. The first-order chi connectivity index (χ1) is 22.3. The van der Waals surface area contributed by atoms with Crippen molar-refractivity contribution in [3.05, 3.63) is 10.1 Å². The van der Waals surface area contributed by atoms with Crippen LogP contribution in [0.1, 0.15) is 105 Å². The second kappa shape index (κ2) is 19.8. The summed E-state index contributed by atoms with van der Waals surface area (Å²) in [6, 6.07) is -3.30. The second-order valence-electron chi connectivity index (χ2n) is 12.9. The minimum absolute atomic E-state index is 0.0448. The normalized spacial score (nSPS) is 20.1. The van der Waals surface area contributed by atoms with Gasteiger partial charge in [0, 0.05) is 25.6 Å². The van der Waals surface area contributed by atoms with Crippen molar-refractivity contribution < 1.29 is 29.0 Å². The zero-order valence-electron chi connectivity index (χ0n) is 28.4. The smallest absolute Gasteiger partial charge is 0.246 e. The van der Waals surface area contributed by atoms with E-state index in [9.17, 15) is 34.1 Å². The fraction of sp³-hybridized carbons (Fsp3) is 0.806. The monoisotopic (exact) mass is 665 g/mol. The molecule has 5 amide bonds. The molecular formula is C31H55N9O7. The first-order valence-electron chi connectivity index (χ1n) is 17.0. The summed E-state index contributed by atoms with van der Waals surface area (Å²) in [6.07, 6.45) is 7.33. The van der Waals surface area contributed by atoms with E-state index in [2.05, 4.69) is 21.1 Å². The summed E-state index contributed by atoms with van der Waals surface area (Å²) in [4.78, 5) is 79.9. The SMILES string of the molecule is CCCCCC(NC(=O)C(NC(=O)CN)C(C)C)C(=O)N1CCCC1C(=O)N1CCCC1C(=O)NC(C)CCCCC(N)=N[N+](=O)[O-]. The van der Waals surface area contributed by atoms with E-state index >= 15 is 0 Å². The fourth-order valence-corrected chi connectivity index (χ4v) is 6.19. The molecule has 2 aliphatic rings. The van der Waals surface area contributed by atoms with Crippen LogP contribution in [-0.4, -0.2) is 100 Å². The van der Waals surface area contributed by atoms with Crippen LogP contribution < -0.4 is 27.4 Å². The molecule has 0 aromatic carbocycles. The van der Waals surface area contributed by atoms with Crippen molar-refractivity contribution in [2.24, 2.45) is 22.5 Å². The molecule has 5 atom stereocenters.